The molecule has 0 amide bonds. The fourth-order valence-corrected chi connectivity index (χ4v) is 3.38. The maximum absolute atomic E-state index is 13.0. The number of hydrogen-bond acceptors (Lipinski definition) is 3. The summed E-state index contributed by atoms with van der Waals surface area (Å²) < 4.78 is 5.99. The Kier molecular flexibility index (Phi) is 5.90. The molecule has 4 aromatic carbocycles. The monoisotopic (exact) mass is 437 g/mol. The van der Waals surface area contributed by atoms with Crippen LogP contribution in [-0.4, -0.2) is 24.2 Å². The first-order valence-electron chi connectivity index (χ1n) is 8.66. The summed E-state index contributed by atoms with van der Waals surface area (Å²) in [7, 11) is 3.67. The van der Waals surface area contributed by atoms with Crippen molar-refractivity contribution in [3.05, 3.63) is 72.8 Å². The van der Waals surface area contributed by atoms with Crippen LogP contribution in [0.15, 0.2) is 72.8 Å². The molecule has 5 heteroatoms. The van der Waals surface area contributed by atoms with Gasteiger partial charge in [0.05, 0.1) is 0 Å². The molecule has 4 aromatic rings. The van der Waals surface area contributed by atoms with E-state index >= 15 is 0 Å². The first-order chi connectivity index (χ1) is 13.1. The molecule has 0 spiro atoms. The van der Waals surface area contributed by atoms with Crippen molar-refractivity contribution in [3.63, 3.8) is 0 Å². The standard InChI is InChI=1S/C23H19NO2S.Cu.H2/c1-24(2)23(27)26-20-14-12-16-8-4-6-10-18(16)22(20)21-17-9-5-3-7-15(17)11-13-19(21)25;;/h3-14,25H,1-2H3;;1H/q;+1;/p-1. The first-order valence-corrected chi connectivity index (χ1v) is 9.07. The second-order valence-electron chi connectivity index (χ2n) is 6.58. The molecule has 0 aliphatic heterocycles. The smallest absolute Gasteiger partial charge is 0.872 e. The summed E-state index contributed by atoms with van der Waals surface area (Å²) in [4.78, 5) is 1.73. The molecule has 3 nitrogen and oxygen atoms in total. The van der Waals surface area contributed by atoms with Gasteiger partial charge in [0.1, 0.15) is 5.75 Å². The Hall–Kier alpha value is -2.59. The van der Waals surface area contributed by atoms with Crippen molar-refractivity contribution in [3.8, 4) is 22.6 Å². The molecule has 28 heavy (non-hydrogen) atoms. The van der Waals surface area contributed by atoms with Gasteiger partial charge in [0.15, 0.2) is 0 Å². The molecule has 0 saturated carbocycles. The van der Waals surface area contributed by atoms with Gasteiger partial charge in [-0.15, -0.1) is 5.75 Å². The molecule has 4 rings (SSSR count). The second kappa shape index (κ2) is 8.19. The largest absolute Gasteiger partial charge is 1.00 e. The number of hydrogen-bond donors (Lipinski definition) is 0. The average Bonchev–Trinajstić information content (AvgIpc) is 2.68. The van der Waals surface area contributed by atoms with E-state index in [4.69, 9.17) is 17.0 Å². The van der Waals surface area contributed by atoms with Gasteiger partial charge < -0.3 is 14.7 Å². The van der Waals surface area contributed by atoms with Crippen molar-refractivity contribution >= 4 is 38.9 Å². The van der Waals surface area contributed by atoms with Crippen LogP contribution in [0.3, 0.4) is 0 Å². The SMILES string of the molecule is CN(C)C(=S)Oc1ccc2ccccc2c1-c1c([O-])ccc2ccccc12.[Cu+].[HH]. The van der Waals surface area contributed by atoms with Crippen LogP contribution in [0.4, 0.5) is 0 Å². The van der Waals surface area contributed by atoms with Gasteiger partial charge in [-0.25, -0.2) is 0 Å². The quantitative estimate of drug-likeness (QED) is 0.319. The third kappa shape index (κ3) is 3.57. The van der Waals surface area contributed by atoms with Crippen LogP contribution in [0.1, 0.15) is 1.43 Å². The number of rotatable bonds is 2. The van der Waals surface area contributed by atoms with Crippen LogP contribution in [-0.2, 0) is 17.1 Å². The van der Waals surface area contributed by atoms with Crippen molar-refractivity contribution < 1.29 is 28.3 Å². The van der Waals surface area contributed by atoms with Crippen LogP contribution >= 0.6 is 12.2 Å². The molecule has 146 valence electrons. The summed E-state index contributed by atoms with van der Waals surface area (Å²) in [5.74, 6) is 0.548. The van der Waals surface area contributed by atoms with Crippen molar-refractivity contribution in [2.75, 3.05) is 14.1 Å². The molecule has 0 radical (unpaired) electrons. The van der Waals surface area contributed by atoms with Gasteiger partial charge in [0.25, 0.3) is 5.17 Å². The van der Waals surface area contributed by atoms with E-state index in [9.17, 15) is 5.11 Å². The number of ether oxygens (including phenoxy) is 1. The third-order valence-electron chi connectivity index (χ3n) is 4.59. The molecule has 0 N–H and O–H groups in total. The number of thiocarbonyl (C=S) groups is 1. The number of fused-ring (bicyclic) bond motifs is 2. The molecular weight excluding hydrogens is 418 g/mol. The minimum atomic E-state index is -0.0364. The molecular formula is C23H20CuNO2S. The molecule has 0 saturated heterocycles. The summed E-state index contributed by atoms with van der Waals surface area (Å²) in [6.07, 6.45) is 0. The molecule has 0 aliphatic carbocycles. The van der Waals surface area contributed by atoms with Gasteiger partial charge in [0, 0.05) is 21.1 Å². The fraction of sp³-hybridized carbons (Fsp3) is 0.0870. The van der Waals surface area contributed by atoms with Crippen LogP contribution in [0.2, 0.25) is 0 Å². The Morgan fingerprint density at radius 2 is 1.36 bits per heavy atom. The maximum atomic E-state index is 13.0. The van der Waals surface area contributed by atoms with E-state index in [1.807, 2.05) is 80.8 Å². The van der Waals surface area contributed by atoms with Gasteiger partial charge in [-0.2, -0.15) is 0 Å². The predicted octanol–water partition coefficient (Wildman–Crippen LogP) is 5.20. The number of nitrogens with zero attached hydrogens (tertiary/aromatic N) is 1. The van der Waals surface area contributed by atoms with Crippen molar-refractivity contribution in [2.24, 2.45) is 0 Å². The van der Waals surface area contributed by atoms with Crippen molar-refractivity contribution in [1.82, 2.24) is 4.90 Å². The Morgan fingerprint density at radius 1 is 0.821 bits per heavy atom. The van der Waals surface area contributed by atoms with E-state index < -0.39 is 0 Å². The Morgan fingerprint density at radius 3 is 1.96 bits per heavy atom. The summed E-state index contributed by atoms with van der Waals surface area (Å²) in [6, 6.07) is 23.2. The minimum Gasteiger partial charge on any atom is -0.872 e. The fourth-order valence-electron chi connectivity index (χ4n) is 3.29. The molecule has 0 bridgehead atoms. The zero-order chi connectivity index (χ0) is 19.0. The summed E-state index contributed by atoms with van der Waals surface area (Å²) in [6.45, 7) is 0. The minimum absolute atomic E-state index is 0. The van der Waals surface area contributed by atoms with Gasteiger partial charge in [0.2, 0.25) is 0 Å². The van der Waals surface area contributed by atoms with E-state index in [1.165, 1.54) is 0 Å². The second-order valence-corrected chi connectivity index (χ2v) is 6.93. The van der Waals surface area contributed by atoms with E-state index in [0.29, 0.717) is 16.5 Å². The predicted molar refractivity (Wildman–Crippen MR) is 115 cm³/mol. The average molecular weight is 438 g/mol. The summed E-state index contributed by atoms with van der Waals surface area (Å²) in [5.41, 5.74) is 1.42. The van der Waals surface area contributed by atoms with Crippen LogP contribution in [0.25, 0.3) is 32.7 Å². The first kappa shape index (κ1) is 20.2. The molecule has 0 heterocycles. The van der Waals surface area contributed by atoms with E-state index in [1.54, 1.807) is 11.0 Å². The molecule has 0 atom stereocenters. The van der Waals surface area contributed by atoms with Gasteiger partial charge in [-0.05, 0) is 45.4 Å². The summed E-state index contributed by atoms with van der Waals surface area (Å²) >= 11 is 5.35. The Bertz CT molecular complexity index is 1180. The third-order valence-corrected chi connectivity index (χ3v) is 5.04. The Labute approximate surface area is 181 Å². The summed E-state index contributed by atoms with van der Waals surface area (Å²) in [5, 5.41) is 17.2. The van der Waals surface area contributed by atoms with Crippen LogP contribution < -0.4 is 9.84 Å². The van der Waals surface area contributed by atoms with E-state index in [0.717, 1.165) is 27.1 Å². The van der Waals surface area contributed by atoms with Crippen LogP contribution in [0, 0.1) is 0 Å². The zero-order valence-electron chi connectivity index (χ0n) is 15.4. The topological polar surface area (TPSA) is 35.5 Å². The number of benzene rings is 4. The normalized spacial score (nSPS) is 10.5. The van der Waals surface area contributed by atoms with Gasteiger partial charge in [-0.3, -0.25) is 0 Å². The van der Waals surface area contributed by atoms with E-state index in [2.05, 4.69) is 0 Å². The maximum Gasteiger partial charge on any atom is 1.00 e. The van der Waals surface area contributed by atoms with Crippen molar-refractivity contribution in [1.29, 1.82) is 0 Å². The molecule has 0 unspecified atom stereocenters. The molecule has 0 fully saturated rings. The van der Waals surface area contributed by atoms with Gasteiger partial charge >= 0.3 is 17.1 Å². The van der Waals surface area contributed by atoms with Crippen molar-refractivity contribution in [2.45, 2.75) is 0 Å². The van der Waals surface area contributed by atoms with Crippen LogP contribution in [0.5, 0.6) is 11.5 Å². The van der Waals surface area contributed by atoms with E-state index in [-0.39, 0.29) is 24.2 Å². The Balaban J connectivity index is 0.00000150. The molecule has 0 aromatic heterocycles. The van der Waals surface area contributed by atoms with Gasteiger partial charge in [-0.1, -0.05) is 66.7 Å². The molecule has 0 aliphatic rings. The zero-order valence-corrected chi connectivity index (χ0v) is 17.2.